The van der Waals surface area contributed by atoms with Gasteiger partial charge in [0.25, 0.3) is 0 Å². The predicted octanol–water partition coefficient (Wildman–Crippen LogP) is 4.05. The maximum Gasteiger partial charge on any atom is 0.374 e. The normalized spacial score (nSPS) is 17.7. The molecule has 0 aliphatic carbocycles. The van der Waals surface area contributed by atoms with Crippen molar-refractivity contribution in [1.29, 1.82) is 0 Å². The Labute approximate surface area is 174 Å². The van der Waals surface area contributed by atoms with E-state index < -0.39 is 16.0 Å². The molecule has 0 N–H and O–H groups in total. The van der Waals surface area contributed by atoms with Crippen LogP contribution >= 0.6 is 0 Å². The number of furan rings is 1. The first kappa shape index (κ1) is 20.6. The number of carbonyl (C=O) groups is 1. The topological polar surface area (TPSA) is 103 Å². The van der Waals surface area contributed by atoms with E-state index in [-0.39, 0.29) is 23.3 Å². The molecule has 4 rings (SSSR count). The van der Waals surface area contributed by atoms with Gasteiger partial charge in [0.15, 0.2) is 0 Å². The van der Waals surface area contributed by atoms with Gasteiger partial charge in [-0.05, 0) is 58.7 Å². The Hall–Kier alpha value is -2.65. The van der Waals surface area contributed by atoms with Crippen LogP contribution in [0.4, 0.5) is 0 Å². The highest BCUT2D eigenvalue weighted by molar-refractivity contribution is 7.89. The van der Waals surface area contributed by atoms with Gasteiger partial charge in [0.2, 0.25) is 15.8 Å². The number of sulfonamides is 1. The summed E-state index contributed by atoms with van der Waals surface area (Å²) in [5, 5.41) is 4.56. The van der Waals surface area contributed by atoms with Gasteiger partial charge in [0, 0.05) is 23.1 Å². The fourth-order valence-corrected chi connectivity index (χ4v) is 5.86. The summed E-state index contributed by atoms with van der Waals surface area (Å²) in [7, 11) is -3.77. The van der Waals surface area contributed by atoms with Gasteiger partial charge in [-0.2, -0.15) is 4.31 Å². The minimum atomic E-state index is -3.77. The van der Waals surface area contributed by atoms with Gasteiger partial charge < -0.3 is 13.7 Å². The average molecular weight is 432 g/mol. The molecular formula is C21H24N2O6S. The van der Waals surface area contributed by atoms with Crippen LogP contribution in [0.5, 0.6) is 0 Å². The van der Waals surface area contributed by atoms with E-state index in [4.69, 9.17) is 13.7 Å². The summed E-state index contributed by atoms with van der Waals surface area (Å²) in [6, 6.07) is 4.35. The number of nitrogens with zero attached hydrogens (tertiary/aromatic N) is 2. The van der Waals surface area contributed by atoms with Crippen LogP contribution in [0.1, 0.15) is 58.9 Å². The van der Waals surface area contributed by atoms with Crippen molar-refractivity contribution in [3.8, 4) is 0 Å². The molecule has 0 saturated carbocycles. The number of aryl methyl sites for hydroxylation is 3. The summed E-state index contributed by atoms with van der Waals surface area (Å²) in [5.41, 5.74) is 2.54. The van der Waals surface area contributed by atoms with Crippen LogP contribution in [-0.2, 0) is 14.8 Å². The second-order valence-corrected chi connectivity index (χ2v) is 9.34. The number of hydrogen-bond acceptors (Lipinski definition) is 7. The van der Waals surface area contributed by atoms with Gasteiger partial charge in [0.05, 0.1) is 23.2 Å². The molecule has 160 valence electrons. The van der Waals surface area contributed by atoms with Gasteiger partial charge in [-0.1, -0.05) is 5.16 Å². The summed E-state index contributed by atoms with van der Waals surface area (Å²) < 4.78 is 44.4. The van der Waals surface area contributed by atoms with E-state index in [1.54, 1.807) is 32.9 Å². The SMILES string of the molecule is CCOC(=O)c1oc2ccc(S(=O)(=O)N3CCCC3c3c(C)noc3C)cc2c1C. The Morgan fingerprint density at radius 3 is 2.73 bits per heavy atom. The van der Waals surface area contributed by atoms with E-state index in [1.807, 2.05) is 6.92 Å². The van der Waals surface area contributed by atoms with E-state index in [0.717, 1.165) is 12.0 Å². The molecule has 1 fully saturated rings. The highest BCUT2D eigenvalue weighted by atomic mass is 32.2. The molecule has 3 aromatic rings. The zero-order chi connectivity index (χ0) is 21.6. The lowest BCUT2D eigenvalue weighted by molar-refractivity contribution is 0.0491. The summed E-state index contributed by atoms with van der Waals surface area (Å²) in [5.74, 6) is 0.171. The van der Waals surface area contributed by atoms with E-state index in [1.165, 1.54) is 10.4 Å². The van der Waals surface area contributed by atoms with Crippen molar-refractivity contribution in [3.63, 3.8) is 0 Å². The lowest BCUT2D eigenvalue weighted by atomic mass is 10.0. The Kier molecular flexibility index (Phi) is 5.19. The molecule has 1 atom stereocenters. The molecule has 0 radical (unpaired) electrons. The van der Waals surface area contributed by atoms with Crippen molar-refractivity contribution in [3.05, 3.63) is 46.5 Å². The molecule has 8 nitrogen and oxygen atoms in total. The molecule has 1 saturated heterocycles. The van der Waals surface area contributed by atoms with E-state index in [9.17, 15) is 13.2 Å². The third-order valence-corrected chi connectivity index (χ3v) is 7.50. The zero-order valence-electron chi connectivity index (χ0n) is 17.4. The van der Waals surface area contributed by atoms with Crippen LogP contribution in [0, 0.1) is 20.8 Å². The second kappa shape index (κ2) is 7.55. The molecule has 0 amide bonds. The quantitative estimate of drug-likeness (QED) is 0.560. The monoisotopic (exact) mass is 432 g/mol. The van der Waals surface area contributed by atoms with Gasteiger partial charge in [0.1, 0.15) is 11.3 Å². The fraction of sp³-hybridized carbons (Fsp3) is 0.429. The smallest absolute Gasteiger partial charge is 0.374 e. The Morgan fingerprint density at radius 1 is 1.30 bits per heavy atom. The van der Waals surface area contributed by atoms with Crippen molar-refractivity contribution in [2.45, 2.75) is 51.5 Å². The number of hydrogen-bond donors (Lipinski definition) is 0. The minimum absolute atomic E-state index is 0.0937. The Balaban J connectivity index is 1.75. The Morgan fingerprint density at radius 2 is 2.07 bits per heavy atom. The molecule has 9 heteroatoms. The minimum Gasteiger partial charge on any atom is -0.460 e. The average Bonchev–Trinajstić information content (AvgIpc) is 3.40. The number of esters is 1. The largest absolute Gasteiger partial charge is 0.460 e. The first-order valence-electron chi connectivity index (χ1n) is 9.90. The van der Waals surface area contributed by atoms with Crippen molar-refractivity contribution in [1.82, 2.24) is 9.46 Å². The Bertz CT molecular complexity index is 1200. The number of ether oxygens (including phenoxy) is 1. The first-order valence-corrected chi connectivity index (χ1v) is 11.3. The molecule has 0 spiro atoms. The molecule has 30 heavy (non-hydrogen) atoms. The van der Waals surface area contributed by atoms with E-state index in [0.29, 0.717) is 41.0 Å². The fourth-order valence-electron chi connectivity index (χ4n) is 4.17. The van der Waals surface area contributed by atoms with Gasteiger partial charge in [-0.3, -0.25) is 0 Å². The van der Waals surface area contributed by atoms with Crippen LogP contribution in [-0.4, -0.2) is 37.0 Å². The first-order chi connectivity index (χ1) is 14.3. The molecule has 1 aliphatic heterocycles. The molecule has 1 unspecified atom stereocenters. The maximum absolute atomic E-state index is 13.5. The van der Waals surface area contributed by atoms with Crippen LogP contribution in [0.3, 0.4) is 0 Å². The second-order valence-electron chi connectivity index (χ2n) is 7.45. The van der Waals surface area contributed by atoms with Crippen LogP contribution < -0.4 is 0 Å². The molecule has 3 heterocycles. The van der Waals surface area contributed by atoms with Gasteiger partial charge in [-0.25, -0.2) is 13.2 Å². The maximum atomic E-state index is 13.5. The molecule has 0 bridgehead atoms. The molecule has 2 aromatic heterocycles. The summed E-state index contributed by atoms with van der Waals surface area (Å²) in [6.45, 7) is 7.71. The highest BCUT2D eigenvalue weighted by Crippen LogP contribution is 2.40. The predicted molar refractivity (Wildman–Crippen MR) is 109 cm³/mol. The number of carbonyl (C=O) groups excluding carboxylic acids is 1. The molecule has 1 aliphatic rings. The van der Waals surface area contributed by atoms with Gasteiger partial charge in [-0.15, -0.1) is 0 Å². The van der Waals surface area contributed by atoms with E-state index >= 15 is 0 Å². The van der Waals surface area contributed by atoms with Crippen LogP contribution in [0.25, 0.3) is 11.0 Å². The standard InChI is InChI=1S/C21H24N2O6S/c1-5-27-21(24)20-12(2)16-11-15(8-9-18(16)28-20)30(25,26)23-10-6-7-17(23)19-13(3)22-29-14(19)4/h8-9,11,17H,5-7,10H2,1-4H3. The third kappa shape index (κ3) is 3.22. The van der Waals surface area contributed by atoms with Crippen LogP contribution in [0.2, 0.25) is 0 Å². The third-order valence-electron chi connectivity index (χ3n) is 5.60. The molecule has 1 aromatic carbocycles. The number of aromatic nitrogens is 1. The summed E-state index contributed by atoms with van der Waals surface area (Å²) in [4.78, 5) is 12.3. The van der Waals surface area contributed by atoms with Crippen molar-refractivity contribution in [2.75, 3.05) is 13.2 Å². The summed E-state index contributed by atoms with van der Waals surface area (Å²) in [6.07, 6.45) is 1.47. The zero-order valence-corrected chi connectivity index (χ0v) is 18.2. The summed E-state index contributed by atoms with van der Waals surface area (Å²) >= 11 is 0. The van der Waals surface area contributed by atoms with Crippen molar-refractivity contribution in [2.24, 2.45) is 0 Å². The number of benzene rings is 1. The lowest BCUT2D eigenvalue weighted by Gasteiger charge is -2.24. The number of rotatable bonds is 5. The highest BCUT2D eigenvalue weighted by Gasteiger charge is 2.39. The lowest BCUT2D eigenvalue weighted by Crippen LogP contribution is -2.31. The van der Waals surface area contributed by atoms with Crippen molar-refractivity contribution < 1.29 is 26.9 Å². The van der Waals surface area contributed by atoms with Crippen LogP contribution in [0.15, 0.2) is 32.0 Å². The number of fused-ring (bicyclic) bond motifs is 1. The van der Waals surface area contributed by atoms with Gasteiger partial charge >= 0.3 is 5.97 Å². The van der Waals surface area contributed by atoms with E-state index in [2.05, 4.69) is 5.16 Å². The van der Waals surface area contributed by atoms with Crippen molar-refractivity contribution >= 4 is 27.0 Å². The molecular weight excluding hydrogens is 408 g/mol.